The molecule has 0 aromatic heterocycles. The van der Waals surface area contributed by atoms with Crippen molar-refractivity contribution in [2.45, 2.75) is 75.9 Å². The van der Waals surface area contributed by atoms with E-state index >= 15 is 0 Å². The molecule has 5 nitrogen and oxygen atoms in total. The fourth-order valence-electron chi connectivity index (χ4n) is 5.15. The Bertz CT molecular complexity index is 1170. The third-order valence-corrected chi connectivity index (χ3v) is 12.5. The molecule has 1 aliphatic carbocycles. The topological polar surface area (TPSA) is 49.6 Å². The summed E-state index contributed by atoms with van der Waals surface area (Å²) in [4.78, 5) is 26.6. The number of nitrogens with zero attached hydrogens (tertiary/aromatic N) is 2. The molecule has 4 unspecified atom stereocenters. The summed E-state index contributed by atoms with van der Waals surface area (Å²) in [6, 6.07) is 17.1. The number of imide groups is 1. The Morgan fingerprint density at radius 2 is 1.59 bits per heavy atom. The van der Waals surface area contributed by atoms with Gasteiger partial charge in [0.05, 0.1) is 22.7 Å². The molecule has 5 rings (SSSR count). The highest BCUT2D eigenvalue weighted by Crippen LogP contribution is 2.58. The van der Waals surface area contributed by atoms with Gasteiger partial charge in [0, 0.05) is 5.56 Å². The van der Waals surface area contributed by atoms with E-state index in [-0.39, 0.29) is 29.0 Å². The lowest BCUT2D eigenvalue weighted by molar-refractivity contribution is 0.0168. The zero-order valence-corrected chi connectivity index (χ0v) is 21.6. The molecule has 34 heavy (non-hydrogen) atoms. The summed E-state index contributed by atoms with van der Waals surface area (Å²) < 4.78 is 6.96. The molecule has 2 fully saturated rings. The predicted molar refractivity (Wildman–Crippen MR) is 135 cm³/mol. The molecule has 0 spiro atoms. The Balaban J connectivity index is 1.54. The SMILES string of the molecule is CC(C)(C)[Si](C)(C)OC(C#Cc1ccccc1)C12CCCC1N2N1C(=O)c2ccccc2C1=O. The minimum atomic E-state index is -2.18. The van der Waals surface area contributed by atoms with Crippen molar-refractivity contribution in [1.82, 2.24) is 10.0 Å². The Labute approximate surface area is 203 Å². The minimum Gasteiger partial charge on any atom is -0.401 e. The summed E-state index contributed by atoms with van der Waals surface area (Å²) in [6.07, 6.45) is 2.44. The van der Waals surface area contributed by atoms with E-state index in [0.717, 1.165) is 24.8 Å². The number of fused-ring (bicyclic) bond motifs is 2. The predicted octanol–water partition coefficient (Wildman–Crippen LogP) is 5.25. The quantitative estimate of drug-likeness (QED) is 0.264. The summed E-state index contributed by atoms with van der Waals surface area (Å²) in [6.45, 7) is 11.1. The van der Waals surface area contributed by atoms with E-state index < -0.39 is 13.9 Å². The average Bonchev–Trinajstić information content (AvgIpc) is 3.09. The van der Waals surface area contributed by atoms with Crippen molar-refractivity contribution in [3.05, 3.63) is 71.3 Å². The number of piperidine rings is 1. The van der Waals surface area contributed by atoms with Crippen LogP contribution in [0.4, 0.5) is 0 Å². The van der Waals surface area contributed by atoms with E-state index in [0.29, 0.717) is 11.1 Å². The minimum absolute atomic E-state index is 0.0135. The zero-order valence-electron chi connectivity index (χ0n) is 20.6. The largest absolute Gasteiger partial charge is 0.401 e. The van der Waals surface area contributed by atoms with Crippen LogP contribution < -0.4 is 0 Å². The number of amides is 2. The van der Waals surface area contributed by atoms with Crippen LogP contribution >= 0.6 is 0 Å². The normalized spacial score (nSPS) is 26.6. The van der Waals surface area contributed by atoms with Crippen LogP contribution in [-0.4, -0.2) is 47.8 Å². The van der Waals surface area contributed by atoms with Crippen LogP contribution in [0, 0.1) is 11.8 Å². The first-order valence-electron chi connectivity index (χ1n) is 12.1. The van der Waals surface area contributed by atoms with E-state index in [1.54, 1.807) is 24.3 Å². The summed E-state index contributed by atoms with van der Waals surface area (Å²) in [5, 5.41) is 3.39. The number of hydrazine groups is 1. The van der Waals surface area contributed by atoms with Gasteiger partial charge in [-0.25, -0.2) is 5.01 Å². The maximum absolute atomic E-state index is 13.3. The molecule has 6 heteroatoms. The molecule has 1 saturated carbocycles. The van der Waals surface area contributed by atoms with Gasteiger partial charge in [0.25, 0.3) is 11.8 Å². The highest BCUT2D eigenvalue weighted by molar-refractivity contribution is 6.74. The van der Waals surface area contributed by atoms with Gasteiger partial charge < -0.3 is 4.43 Å². The highest BCUT2D eigenvalue weighted by atomic mass is 28.4. The van der Waals surface area contributed by atoms with E-state index in [2.05, 4.69) is 45.7 Å². The third-order valence-electron chi connectivity index (χ3n) is 8.07. The maximum atomic E-state index is 13.3. The summed E-state index contributed by atoms with van der Waals surface area (Å²) in [7, 11) is -2.18. The van der Waals surface area contributed by atoms with Gasteiger partial charge in [-0.2, -0.15) is 5.01 Å². The molecule has 2 aromatic rings. The van der Waals surface area contributed by atoms with Crippen LogP contribution in [0.1, 0.15) is 66.3 Å². The molecule has 2 amide bonds. The van der Waals surface area contributed by atoms with Crippen LogP contribution in [-0.2, 0) is 4.43 Å². The summed E-state index contributed by atoms with van der Waals surface area (Å²) in [5.41, 5.74) is 1.44. The second-order valence-corrected chi connectivity index (χ2v) is 15.9. The van der Waals surface area contributed by atoms with Crippen LogP contribution in [0.5, 0.6) is 0 Å². The second kappa shape index (κ2) is 7.91. The lowest BCUT2D eigenvalue weighted by Crippen LogP contribution is -2.50. The van der Waals surface area contributed by atoms with Crippen LogP contribution in [0.2, 0.25) is 18.1 Å². The lowest BCUT2D eigenvalue weighted by Gasteiger charge is -2.40. The van der Waals surface area contributed by atoms with Crippen molar-refractivity contribution in [2.75, 3.05) is 0 Å². The van der Waals surface area contributed by atoms with Gasteiger partial charge in [0.2, 0.25) is 0 Å². The van der Waals surface area contributed by atoms with E-state index in [1.165, 1.54) is 5.01 Å². The molecular weight excluding hydrogens is 440 g/mol. The van der Waals surface area contributed by atoms with Crippen LogP contribution in [0.15, 0.2) is 54.6 Å². The average molecular weight is 473 g/mol. The molecule has 3 aliphatic rings. The van der Waals surface area contributed by atoms with Gasteiger partial charge in [-0.1, -0.05) is 62.9 Å². The first-order valence-corrected chi connectivity index (χ1v) is 15.0. The molecule has 2 aromatic carbocycles. The lowest BCUT2D eigenvalue weighted by atomic mass is 9.99. The molecular formula is C28H32N2O3Si. The molecule has 176 valence electrons. The standard InChI is InChI=1S/C28H32N2O3Si/c1-27(2,3)34(4,5)33-24(18-17-20-12-7-6-8-13-20)28-19-11-16-23(28)30(28)29-25(31)21-14-9-10-15-22(21)26(29)32/h6-10,12-15,23-24H,11,16,19H2,1-5H3. The first-order chi connectivity index (χ1) is 16.1. The van der Waals surface area contributed by atoms with Crippen LogP contribution in [0.25, 0.3) is 0 Å². The second-order valence-electron chi connectivity index (χ2n) is 11.1. The number of hydrogen-bond acceptors (Lipinski definition) is 4. The van der Waals surface area contributed by atoms with Crippen molar-refractivity contribution >= 4 is 20.1 Å². The van der Waals surface area contributed by atoms with E-state index in [9.17, 15) is 9.59 Å². The fourth-order valence-corrected chi connectivity index (χ4v) is 6.35. The van der Waals surface area contributed by atoms with E-state index in [4.69, 9.17) is 4.43 Å². The Morgan fingerprint density at radius 1 is 1.00 bits per heavy atom. The Hall–Kier alpha value is -2.72. The molecule has 0 bridgehead atoms. The number of rotatable bonds is 4. The van der Waals surface area contributed by atoms with Crippen molar-refractivity contribution in [3.63, 3.8) is 0 Å². The van der Waals surface area contributed by atoms with Crippen molar-refractivity contribution in [3.8, 4) is 11.8 Å². The van der Waals surface area contributed by atoms with Gasteiger partial charge in [0.15, 0.2) is 8.32 Å². The number of carbonyl (C=O) groups is 2. The summed E-state index contributed by atoms with van der Waals surface area (Å²) in [5.74, 6) is 6.32. The van der Waals surface area contributed by atoms with Crippen molar-refractivity contribution in [1.29, 1.82) is 0 Å². The van der Waals surface area contributed by atoms with Gasteiger partial charge in [0.1, 0.15) is 6.10 Å². The van der Waals surface area contributed by atoms with Gasteiger partial charge in [-0.15, -0.1) is 0 Å². The van der Waals surface area contributed by atoms with Crippen molar-refractivity contribution < 1.29 is 14.0 Å². The maximum Gasteiger partial charge on any atom is 0.276 e. The molecule has 0 N–H and O–H groups in total. The number of benzene rings is 2. The van der Waals surface area contributed by atoms with Crippen LogP contribution in [0.3, 0.4) is 0 Å². The molecule has 0 radical (unpaired) electrons. The van der Waals surface area contributed by atoms with E-state index in [1.807, 2.05) is 35.3 Å². The first kappa shape index (κ1) is 23.0. The molecule has 2 heterocycles. The van der Waals surface area contributed by atoms with Gasteiger partial charge in [-0.3, -0.25) is 9.59 Å². The fraction of sp³-hybridized carbons (Fsp3) is 0.429. The van der Waals surface area contributed by atoms with Gasteiger partial charge >= 0.3 is 0 Å². The smallest absolute Gasteiger partial charge is 0.276 e. The summed E-state index contributed by atoms with van der Waals surface area (Å²) >= 11 is 0. The number of carbonyl (C=O) groups excluding carboxylic acids is 2. The molecule has 4 atom stereocenters. The molecule has 1 saturated heterocycles. The highest BCUT2D eigenvalue weighted by Gasteiger charge is 2.74. The van der Waals surface area contributed by atoms with Gasteiger partial charge in [-0.05, 0) is 61.7 Å². The molecule has 2 aliphatic heterocycles. The Kier molecular flexibility index (Phi) is 5.36. The Morgan fingerprint density at radius 3 is 2.18 bits per heavy atom. The van der Waals surface area contributed by atoms with Crippen molar-refractivity contribution in [2.24, 2.45) is 0 Å². The zero-order chi connectivity index (χ0) is 24.3. The third kappa shape index (κ3) is 3.46. The monoisotopic (exact) mass is 472 g/mol. The number of hydrogen-bond donors (Lipinski definition) is 0.